The molecule has 0 amide bonds. The number of methoxy groups -OCH3 is 1. The first kappa shape index (κ1) is 10.4. The fourth-order valence-electron chi connectivity index (χ4n) is 1.76. The molecule has 3 atom stereocenters. The fourth-order valence-corrected chi connectivity index (χ4v) is 1.76. The van der Waals surface area contributed by atoms with Crippen LogP contribution in [0.2, 0.25) is 0 Å². The van der Waals surface area contributed by atoms with E-state index in [0.717, 1.165) is 26.1 Å². The second-order valence-electron chi connectivity index (χ2n) is 3.82. The SMILES string of the molecule is COC1COC1COC1CCCOC1. The third kappa shape index (κ3) is 2.45. The molecule has 0 aliphatic carbocycles. The maximum absolute atomic E-state index is 5.69. The monoisotopic (exact) mass is 202 g/mol. The maximum Gasteiger partial charge on any atom is 0.109 e. The topological polar surface area (TPSA) is 36.9 Å². The summed E-state index contributed by atoms with van der Waals surface area (Å²) < 4.78 is 21.5. The first-order chi connectivity index (χ1) is 6.90. The quantitative estimate of drug-likeness (QED) is 0.669. The predicted octanol–water partition coefficient (Wildman–Crippen LogP) is 0.596. The average Bonchev–Trinajstić information content (AvgIpc) is 2.19. The van der Waals surface area contributed by atoms with Crippen LogP contribution in [0.1, 0.15) is 12.8 Å². The van der Waals surface area contributed by atoms with Crippen molar-refractivity contribution in [3.8, 4) is 0 Å². The predicted molar refractivity (Wildman–Crippen MR) is 50.3 cm³/mol. The van der Waals surface area contributed by atoms with Crippen LogP contribution in [0.4, 0.5) is 0 Å². The van der Waals surface area contributed by atoms with Gasteiger partial charge in [-0.2, -0.15) is 0 Å². The summed E-state index contributed by atoms with van der Waals surface area (Å²) in [7, 11) is 1.71. The molecule has 14 heavy (non-hydrogen) atoms. The van der Waals surface area contributed by atoms with E-state index in [4.69, 9.17) is 18.9 Å². The number of rotatable bonds is 4. The van der Waals surface area contributed by atoms with Crippen molar-refractivity contribution >= 4 is 0 Å². The third-order valence-corrected chi connectivity index (χ3v) is 2.81. The van der Waals surface area contributed by atoms with E-state index in [9.17, 15) is 0 Å². The lowest BCUT2D eigenvalue weighted by Gasteiger charge is -2.36. The zero-order chi connectivity index (χ0) is 9.80. The molecule has 4 heteroatoms. The summed E-state index contributed by atoms with van der Waals surface area (Å²) in [6.45, 7) is 2.93. The first-order valence-corrected chi connectivity index (χ1v) is 5.24. The Kier molecular flexibility index (Phi) is 3.75. The van der Waals surface area contributed by atoms with Crippen LogP contribution in [-0.2, 0) is 18.9 Å². The number of hydrogen-bond donors (Lipinski definition) is 0. The molecule has 2 fully saturated rings. The zero-order valence-electron chi connectivity index (χ0n) is 8.61. The molecule has 0 N–H and O–H groups in total. The molecule has 2 heterocycles. The Morgan fingerprint density at radius 3 is 2.86 bits per heavy atom. The molecule has 0 aromatic rings. The van der Waals surface area contributed by atoms with Gasteiger partial charge in [-0.15, -0.1) is 0 Å². The van der Waals surface area contributed by atoms with Crippen molar-refractivity contribution in [3.63, 3.8) is 0 Å². The van der Waals surface area contributed by atoms with E-state index < -0.39 is 0 Å². The highest BCUT2D eigenvalue weighted by molar-refractivity contribution is 4.79. The largest absolute Gasteiger partial charge is 0.379 e. The molecule has 3 unspecified atom stereocenters. The van der Waals surface area contributed by atoms with E-state index in [2.05, 4.69) is 0 Å². The van der Waals surface area contributed by atoms with Gasteiger partial charge >= 0.3 is 0 Å². The summed E-state index contributed by atoms with van der Waals surface area (Å²) in [6, 6.07) is 0. The minimum atomic E-state index is 0.127. The van der Waals surface area contributed by atoms with Gasteiger partial charge in [-0.05, 0) is 12.8 Å². The lowest BCUT2D eigenvalue weighted by molar-refractivity contribution is -0.206. The van der Waals surface area contributed by atoms with E-state index in [-0.39, 0.29) is 18.3 Å². The molecule has 2 saturated heterocycles. The normalized spacial score (nSPS) is 37.9. The summed E-state index contributed by atoms with van der Waals surface area (Å²) in [5.74, 6) is 0. The molecule has 0 radical (unpaired) electrons. The molecular formula is C10H18O4. The van der Waals surface area contributed by atoms with E-state index in [1.165, 1.54) is 0 Å². The van der Waals surface area contributed by atoms with E-state index >= 15 is 0 Å². The van der Waals surface area contributed by atoms with Crippen LogP contribution in [-0.4, -0.2) is 51.8 Å². The van der Waals surface area contributed by atoms with Crippen LogP contribution in [0.15, 0.2) is 0 Å². The van der Waals surface area contributed by atoms with Gasteiger partial charge in [0, 0.05) is 13.7 Å². The van der Waals surface area contributed by atoms with Crippen LogP contribution in [0.25, 0.3) is 0 Å². The standard InChI is InChI=1S/C10H18O4/c1-11-9-6-14-10(9)7-13-8-3-2-4-12-5-8/h8-10H,2-7H2,1H3. The van der Waals surface area contributed by atoms with Crippen molar-refractivity contribution in [3.05, 3.63) is 0 Å². The highest BCUT2D eigenvalue weighted by atomic mass is 16.6. The summed E-state index contributed by atoms with van der Waals surface area (Å²) in [4.78, 5) is 0. The second kappa shape index (κ2) is 5.07. The van der Waals surface area contributed by atoms with Gasteiger partial charge in [-0.25, -0.2) is 0 Å². The van der Waals surface area contributed by atoms with E-state index in [0.29, 0.717) is 13.2 Å². The van der Waals surface area contributed by atoms with Gasteiger partial charge in [0.15, 0.2) is 0 Å². The van der Waals surface area contributed by atoms with Crippen LogP contribution in [0.5, 0.6) is 0 Å². The molecule has 0 saturated carbocycles. The van der Waals surface area contributed by atoms with Gasteiger partial charge in [-0.3, -0.25) is 0 Å². The Morgan fingerprint density at radius 1 is 1.36 bits per heavy atom. The molecule has 0 bridgehead atoms. The summed E-state index contributed by atoms with van der Waals surface area (Å²) in [6.07, 6.45) is 2.81. The van der Waals surface area contributed by atoms with Crippen molar-refractivity contribution in [2.24, 2.45) is 0 Å². The minimum Gasteiger partial charge on any atom is -0.379 e. The molecule has 2 aliphatic heterocycles. The van der Waals surface area contributed by atoms with Crippen LogP contribution in [0, 0.1) is 0 Å². The molecule has 0 aromatic carbocycles. The maximum atomic E-state index is 5.69. The highest BCUT2D eigenvalue weighted by Crippen LogP contribution is 2.18. The molecule has 82 valence electrons. The van der Waals surface area contributed by atoms with E-state index in [1.54, 1.807) is 7.11 Å². The lowest BCUT2D eigenvalue weighted by atomic mass is 10.1. The molecule has 0 spiro atoms. The lowest BCUT2D eigenvalue weighted by Crippen LogP contribution is -2.49. The van der Waals surface area contributed by atoms with Crippen LogP contribution < -0.4 is 0 Å². The molecular weight excluding hydrogens is 184 g/mol. The van der Waals surface area contributed by atoms with Crippen LogP contribution in [0.3, 0.4) is 0 Å². The van der Waals surface area contributed by atoms with Gasteiger partial charge < -0.3 is 18.9 Å². The van der Waals surface area contributed by atoms with Gasteiger partial charge in [0.05, 0.1) is 25.9 Å². The Balaban J connectivity index is 1.61. The number of ether oxygens (including phenoxy) is 4. The average molecular weight is 202 g/mol. The fraction of sp³-hybridized carbons (Fsp3) is 1.00. The summed E-state index contributed by atoms with van der Waals surface area (Å²) in [5.41, 5.74) is 0. The summed E-state index contributed by atoms with van der Waals surface area (Å²) >= 11 is 0. The Hall–Kier alpha value is -0.160. The number of hydrogen-bond acceptors (Lipinski definition) is 4. The van der Waals surface area contributed by atoms with E-state index in [1.807, 2.05) is 0 Å². The zero-order valence-corrected chi connectivity index (χ0v) is 8.61. The molecule has 2 aliphatic rings. The smallest absolute Gasteiger partial charge is 0.109 e. The van der Waals surface area contributed by atoms with Gasteiger partial charge in [0.25, 0.3) is 0 Å². The first-order valence-electron chi connectivity index (χ1n) is 5.24. The summed E-state index contributed by atoms with van der Waals surface area (Å²) in [5, 5.41) is 0. The highest BCUT2D eigenvalue weighted by Gasteiger charge is 2.33. The molecule has 0 aromatic heterocycles. The molecule has 4 nitrogen and oxygen atoms in total. The Bertz CT molecular complexity index is 164. The minimum absolute atomic E-state index is 0.127. The Morgan fingerprint density at radius 2 is 2.29 bits per heavy atom. The Labute approximate surface area is 84.5 Å². The van der Waals surface area contributed by atoms with Crippen molar-refractivity contribution in [1.82, 2.24) is 0 Å². The molecule has 2 rings (SSSR count). The van der Waals surface area contributed by atoms with Crippen molar-refractivity contribution in [2.75, 3.05) is 33.5 Å². The van der Waals surface area contributed by atoms with Crippen LogP contribution >= 0.6 is 0 Å². The van der Waals surface area contributed by atoms with Crippen molar-refractivity contribution < 1.29 is 18.9 Å². The van der Waals surface area contributed by atoms with Gasteiger partial charge in [0.1, 0.15) is 12.2 Å². The third-order valence-electron chi connectivity index (χ3n) is 2.81. The van der Waals surface area contributed by atoms with Crippen molar-refractivity contribution in [1.29, 1.82) is 0 Å². The van der Waals surface area contributed by atoms with Crippen molar-refractivity contribution in [2.45, 2.75) is 31.2 Å². The van der Waals surface area contributed by atoms with Gasteiger partial charge in [-0.1, -0.05) is 0 Å². The second-order valence-corrected chi connectivity index (χ2v) is 3.82. The van der Waals surface area contributed by atoms with Gasteiger partial charge in [0.2, 0.25) is 0 Å².